The van der Waals surface area contributed by atoms with Crippen molar-refractivity contribution in [3.63, 3.8) is 0 Å². The summed E-state index contributed by atoms with van der Waals surface area (Å²) >= 11 is 6.24. The predicted molar refractivity (Wildman–Crippen MR) is 144 cm³/mol. The summed E-state index contributed by atoms with van der Waals surface area (Å²) in [6, 6.07) is 10.8. The Balaban J connectivity index is 1.91. The van der Waals surface area contributed by atoms with Crippen LogP contribution in [0.4, 0.5) is 8.78 Å². The van der Waals surface area contributed by atoms with Gasteiger partial charge in [0.1, 0.15) is 11.6 Å². The summed E-state index contributed by atoms with van der Waals surface area (Å²) in [6.07, 6.45) is 4.32. The maximum Gasteiger partial charge on any atom is 0.195 e. The zero-order chi connectivity index (χ0) is 26.1. The summed E-state index contributed by atoms with van der Waals surface area (Å²) in [5, 5.41) is 6.99. The van der Waals surface area contributed by atoms with Crippen LogP contribution >= 0.6 is 11.6 Å². The Kier molecular flexibility index (Phi) is 9.90. The zero-order valence-electron chi connectivity index (χ0n) is 20.2. The molecule has 0 bridgehead atoms. The maximum absolute atomic E-state index is 14.7. The van der Waals surface area contributed by atoms with Crippen LogP contribution in [0.25, 0.3) is 5.70 Å². The standard InChI is InChI=1S/C27H33ClF2N6/c1-3-25(31)26(35-27(32)34-17-20-6-4-5-7-23(20)28)36(15-12-19-10-13-33-14-11-19)18(2)22-9-8-21(29)16-24(22)30/h3-9,16,19,33H,1-2,10-15,17,31H2,(H3,32,34,35)/b26-25-. The van der Waals surface area contributed by atoms with Gasteiger partial charge in [0.2, 0.25) is 0 Å². The molecule has 2 aromatic carbocycles. The quantitative estimate of drug-likeness (QED) is 0.209. The number of allylic oxidation sites excluding steroid dienone is 1. The Hall–Kier alpha value is -3.36. The van der Waals surface area contributed by atoms with Gasteiger partial charge in [0.05, 0.1) is 5.70 Å². The van der Waals surface area contributed by atoms with Crippen LogP contribution in [0.15, 0.2) is 78.2 Å². The minimum absolute atomic E-state index is 0.0916. The fourth-order valence-electron chi connectivity index (χ4n) is 4.07. The third-order valence-electron chi connectivity index (χ3n) is 6.17. The maximum atomic E-state index is 14.7. The summed E-state index contributed by atoms with van der Waals surface area (Å²) in [4.78, 5) is 6.25. The number of aliphatic imine (C=N–C) groups is 1. The minimum atomic E-state index is -0.725. The molecule has 1 saturated heterocycles. The molecule has 2 aromatic rings. The lowest BCUT2D eigenvalue weighted by Crippen LogP contribution is -2.34. The molecule has 0 aliphatic carbocycles. The van der Waals surface area contributed by atoms with Gasteiger partial charge in [-0.15, -0.1) is 0 Å². The van der Waals surface area contributed by atoms with Crippen LogP contribution in [0.5, 0.6) is 0 Å². The van der Waals surface area contributed by atoms with Crippen LogP contribution in [-0.4, -0.2) is 30.5 Å². The van der Waals surface area contributed by atoms with Crippen molar-refractivity contribution in [3.8, 4) is 0 Å². The van der Waals surface area contributed by atoms with Crippen molar-refractivity contribution in [1.82, 2.24) is 15.5 Å². The highest BCUT2D eigenvalue weighted by Crippen LogP contribution is 2.29. The van der Waals surface area contributed by atoms with Gasteiger partial charge in [0, 0.05) is 35.4 Å². The number of piperidine rings is 1. The normalized spacial score (nSPS) is 15.2. The molecule has 0 aromatic heterocycles. The van der Waals surface area contributed by atoms with Gasteiger partial charge in [-0.05, 0) is 68.1 Å². The Morgan fingerprint density at radius 2 is 1.92 bits per heavy atom. The molecule has 6 nitrogen and oxygen atoms in total. The molecule has 192 valence electrons. The van der Waals surface area contributed by atoms with Gasteiger partial charge in [0.15, 0.2) is 11.8 Å². The molecular formula is C27H33ClF2N6. The van der Waals surface area contributed by atoms with Gasteiger partial charge < -0.3 is 27.0 Å². The molecule has 0 radical (unpaired) electrons. The average molecular weight is 515 g/mol. The van der Waals surface area contributed by atoms with E-state index in [1.807, 2.05) is 18.2 Å². The molecule has 6 N–H and O–H groups in total. The van der Waals surface area contributed by atoms with E-state index < -0.39 is 11.6 Å². The number of hydrogen-bond donors (Lipinski definition) is 4. The van der Waals surface area contributed by atoms with Crippen molar-refractivity contribution in [2.24, 2.45) is 22.4 Å². The second-order valence-corrected chi connectivity index (χ2v) is 9.04. The molecule has 9 heteroatoms. The van der Waals surface area contributed by atoms with Crippen LogP contribution in [-0.2, 0) is 6.54 Å². The highest BCUT2D eigenvalue weighted by atomic mass is 35.5. The van der Waals surface area contributed by atoms with Gasteiger partial charge in [-0.2, -0.15) is 4.99 Å². The smallest absolute Gasteiger partial charge is 0.195 e. The highest BCUT2D eigenvalue weighted by molar-refractivity contribution is 6.31. The van der Waals surface area contributed by atoms with E-state index in [4.69, 9.17) is 23.1 Å². The number of nitrogens with one attached hydrogen (secondary N) is 2. The van der Waals surface area contributed by atoms with Crippen molar-refractivity contribution >= 4 is 23.3 Å². The first-order valence-corrected chi connectivity index (χ1v) is 12.2. The monoisotopic (exact) mass is 514 g/mol. The molecule has 36 heavy (non-hydrogen) atoms. The van der Waals surface area contributed by atoms with Crippen molar-refractivity contribution in [2.45, 2.75) is 25.8 Å². The van der Waals surface area contributed by atoms with Crippen LogP contribution in [0.2, 0.25) is 5.02 Å². The van der Waals surface area contributed by atoms with E-state index in [1.54, 1.807) is 11.0 Å². The molecule has 0 amide bonds. The summed E-state index contributed by atoms with van der Waals surface area (Å²) in [5.41, 5.74) is 14.0. The molecule has 1 fully saturated rings. The van der Waals surface area contributed by atoms with Crippen LogP contribution < -0.4 is 22.1 Å². The largest absolute Gasteiger partial charge is 0.396 e. The summed E-state index contributed by atoms with van der Waals surface area (Å²) in [6.45, 7) is 10.6. The third kappa shape index (κ3) is 7.32. The van der Waals surface area contributed by atoms with Gasteiger partial charge in [-0.1, -0.05) is 43.0 Å². The first-order valence-electron chi connectivity index (χ1n) is 11.9. The van der Waals surface area contributed by atoms with E-state index in [9.17, 15) is 8.78 Å². The lowest BCUT2D eigenvalue weighted by Gasteiger charge is -2.31. The molecule has 0 spiro atoms. The fourth-order valence-corrected chi connectivity index (χ4v) is 4.28. The second kappa shape index (κ2) is 13.1. The Morgan fingerprint density at radius 3 is 2.58 bits per heavy atom. The van der Waals surface area contributed by atoms with E-state index in [2.05, 4.69) is 28.8 Å². The van der Waals surface area contributed by atoms with E-state index >= 15 is 0 Å². The summed E-state index contributed by atoms with van der Waals surface area (Å²) < 4.78 is 28.3. The van der Waals surface area contributed by atoms with Crippen molar-refractivity contribution in [3.05, 3.63) is 101 Å². The molecule has 1 aliphatic rings. The molecule has 1 heterocycles. The van der Waals surface area contributed by atoms with Crippen molar-refractivity contribution in [1.29, 1.82) is 0 Å². The number of nitrogens with two attached hydrogens (primary N) is 2. The van der Waals surface area contributed by atoms with Gasteiger partial charge in [0.25, 0.3) is 0 Å². The number of nitrogens with zero attached hydrogens (tertiary/aromatic N) is 2. The number of guanidine groups is 1. The van der Waals surface area contributed by atoms with E-state index in [0.29, 0.717) is 29.7 Å². The first kappa shape index (κ1) is 27.2. The zero-order valence-corrected chi connectivity index (χ0v) is 21.0. The molecule has 0 saturated carbocycles. The second-order valence-electron chi connectivity index (χ2n) is 8.63. The topological polar surface area (TPSA) is 91.7 Å². The minimum Gasteiger partial charge on any atom is -0.396 e. The SMILES string of the molecule is C=C/C(N)=C(\N=C(/N)NCc1ccccc1Cl)N(CCC1CCNCC1)C(=C)c1ccc(F)cc1F. The lowest BCUT2D eigenvalue weighted by atomic mass is 9.94. The van der Waals surface area contributed by atoms with Crippen LogP contribution in [0, 0.1) is 17.6 Å². The van der Waals surface area contributed by atoms with Crippen LogP contribution in [0.3, 0.4) is 0 Å². The number of rotatable bonds is 10. The highest BCUT2D eigenvalue weighted by Gasteiger charge is 2.22. The Morgan fingerprint density at radius 1 is 1.19 bits per heavy atom. The number of halogens is 3. The van der Waals surface area contributed by atoms with Crippen molar-refractivity contribution < 1.29 is 8.78 Å². The summed E-state index contributed by atoms with van der Waals surface area (Å²) in [7, 11) is 0. The van der Waals surface area contributed by atoms with E-state index in [0.717, 1.165) is 44.0 Å². The number of hydrogen-bond acceptors (Lipinski definition) is 4. The molecule has 0 unspecified atom stereocenters. The average Bonchev–Trinajstić information content (AvgIpc) is 2.87. The van der Waals surface area contributed by atoms with Crippen LogP contribution in [0.1, 0.15) is 30.4 Å². The Labute approximate surface area is 216 Å². The third-order valence-corrected chi connectivity index (χ3v) is 6.53. The van der Waals surface area contributed by atoms with E-state index in [-0.39, 0.29) is 23.0 Å². The molecule has 1 aliphatic heterocycles. The van der Waals surface area contributed by atoms with Crippen molar-refractivity contribution in [2.75, 3.05) is 19.6 Å². The Bertz CT molecular complexity index is 1140. The molecule has 0 atom stereocenters. The summed E-state index contributed by atoms with van der Waals surface area (Å²) in [5.74, 6) is -0.550. The van der Waals surface area contributed by atoms with Gasteiger partial charge in [-0.25, -0.2) is 8.78 Å². The lowest BCUT2D eigenvalue weighted by molar-refractivity contribution is 0.320. The first-order chi connectivity index (χ1) is 17.3. The number of benzene rings is 2. The van der Waals surface area contributed by atoms with Gasteiger partial charge >= 0.3 is 0 Å². The fraction of sp³-hybridized carbons (Fsp3) is 0.296. The predicted octanol–water partition coefficient (Wildman–Crippen LogP) is 4.70. The molecule has 3 rings (SSSR count). The molecular weight excluding hydrogens is 482 g/mol. The van der Waals surface area contributed by atoms with E-state index in [1.165, 1.54) is 18.2 Å². The van der Waals surface area contributed by atoms with Gasteiger partial charge in [-0.3, -0.25) is 0 Å².